The standard InChI is InChI=1S/C21H23N3O5/c1-14-8-10-23(11-9-14)18-7-4-16(13-19(18)24(28)29)21(27)22-17-5-2-15(3-6-17)12-20(25)26/h2-7,13-14H,8-12H2,1H3,(H,22,27)(H,25,26). The Balaban J connectivity index is 1.76. The van der Waals surface area contributed by atoms with Gasteiger partial charge in [-0.15, -0.1) is 0 Å². The van der Waals surface area contributed by atoms with Crippen LogP contribution >= 0.6 is 0 Å². The van der Waals surface area contributed by atoms with Gasteiger partial charge in [-0.1, -0.05) is 19.1 Å². The molecule has 1 amide bonds. The molecule has 0 atom stereocenters. The zero-order valence-electron chi connectivity index (χ0n) is 16.1. The lowest BCUT2D eigenvalue weighted by Crippen LogP contribution is -2.33. The molecule has 29 heavy (non-hydrogen) atoms. The zero-order valence-corrected chi connectivity index (χ0v) is 16.1. The zero-order chi connectivity index (χ0) is 21.0. The highest BCUT2D eigenvalue weighted by molar-refractivity contribution is 6.05. The minimum atomic E-state index is -0.933. The maximum absolute atomic E-state index is 12.5. The van der Waals surface area contributed by atoms with Gasteiger partial charge in [0.05, 0.1) is 11.3 Å². The smallest absolute Gasteiger partial charge is 0.307 e. The van der Waals surface area contributed by atoms with Crippen molar-refractivity contribution < 1.29 is 19.6 Å². The van der Waals surface area contributed by atoms with Gasteiger partial charge in [-0.3, -0.25) is 19.7 Å². The summed E-state index contributed by atoms with van der Waals surface area (Å²) in [6, 6.07) is 11.0. The minimum absolute atomic E-state index is 0.0796. The molecule has 0 spiro atoms. The molecular formula is C21H23N3O5. The monoisotopic (exact) mass is 397 g/mol. The molecule has 8 heteroatoms. The molecule has 3 rings (SSSR count). The first-order chi connectivity index (χ1) is 13.8. The number of carboxylic acid groups (broad SMARTS) is 1. The van der Waals surface area contributed by atoms with E-state index in [0.29, 0.717) is 22.9 Å². The first-order valence-corrected chi connectivity index (χ1v) is 9.49. The first-order valence-electron chi connectivity index (χ1n) is 9.49. The fraction of sp³-hybridized carbons (Fsp3) is 0.333. The Morgan fingerprint density at radius 3 is 2.41 bits per heavy atom. The van der Waals surface area contributed by atoms with Crippen LogP contribution in [0.1, 0.15) is 35.7 Å². The maximum atomic E-state index is 12.5. The van der Waals surface area contributed by atoms with Gasteiger partial charge in [0.15, 0.2) is 0 Å². The average Bonchev–Trinajstić information content (AvgIpc) is 2.69. The summed E-state index contributed by atoms with van der Waals surface area (Å²) in [5.74, 6) is -0.785. The quantitative estimate of drug-likeness (QED) is 0.567. The third-order valence-corrected chi connectivity index (χ3v) is 5.13. The van der Waals surface area contributed by atoms with Crippen molar-refractivity contribution in [3.05, 3.63) is 63.7 Å². The van der Waals surface area contributed by atoms with Gasteiger partial charge in [0.2, 0.25) is 0 Å². The summed E-state index contributed by atoms with van der Waals surface area (Å²) in [5, 5.41) is 23.1. The average molecular weight is 397 g/mol. The molecule has 0 bridgehead atoms. The number of hydrogen-bond acceptors (Lipinski definition) is 5. The molecule has 0 unspecified atom stereocenters. The molecule has 152 valence electrons. The lowest BCUT2D eigenvalue weighted by Gasteiger charge is -2.31. The second-order valence-electron chi connectivity index (χ2n) is 7.35. The molecule has 1 aliphatic heterocycles. The number of benzene rings is 2. The lowest BCUT2D eigenvalue weighted by molar-refractivity contribution is -0.384. The van der Waals surface area contributed by atoms with Gasteiger partial charge in [0, 0.05) is 30.4 Å². The van der Waals surface area contributed by atoms with Crippen LogP contribution in [-0.4, -0.2) is 35.0 Å². The van der Waals surface area contributed by atoms with E-state index in [-0.39, 0.29) is 17.7 Å². The number of anilines is 2. The van der Waals surface area contributed by atoms with Crippen LogP contribution in [-0.2, 0) is 11.2 Å². The molecule has 1 fully saturated rings. The molecule has 0 saturated carbocycles. The fourth-order valence-electron chi connectivity index (χ4n) is 3.41. The summed E-state index contributed by atoms with van der Waals surface area (Å²) in [7, 11) is 0. The van der Waals surface area contributed by atoms with E-state index in [9.17, 15) is 19.7 Å². The molecule has 2 N–H and O–H groups in total. The van der Waals surface area contributed by atoms with E-state index in [1.807, 2.05) is 4.90 Å². The Hall–Kier alpha value is -3.42. The minimum Gasteiger partial charge on any atom is -0.481 e. The molecule has 8 nitrogen and oxygen atoms in total. The van der Waals surface area contributed by atoms with Gasteiger partial charge in [0.25, 0.3) is 11.6 Å². The molecule has 1 saturated heterocycles. The highest BCUT2D eigenvalue weighted by Crippen LogP contribution is 2.32. The Morgan fingerprint density at radius 1 is 1.17 bits per heavy atom. The second kappa shape index (κ2) is 8.72. The van der Waals surface area contributed by atoms with Gasteiger partial charge in [0.1, 0.15) is 5.69 Å². The highest BCUT2D eigenvalue weighted by atomic mass is 16.6. The van der Waals surface area contributed by atoms with Crippen LogP contribution in [0, 0.1) is 16.0 Å². The van der Waals surface area contributed by atoms with Crippen molar-refractivity contribution in [1.82, 2.24) is 0 Å². The number of hydrogen-bond donors (Lipinski definition) is 2. The van der Waals surface area contributed by atoms with Crippen molar-refractivity contribution in [3.8, 4) is 0 Å². The van der Waals surface area contributed by atoms with Crippen molar-refractivity contribution in [2.24, 2.45) is 5.92 Å². The van der Waals surface area contributed by atoms with Crippen LogP contribution in [0.2, 0.25) is 0 Å². The molecule has 0 radical (unpaired) electrons. The second-order valence-corrected chi connectivity index (χ2v) is 7.35. The number of carbonyl (C=O) groups is 2. The Morgan fingerprint density at radius 2 is 1.83 bits per heavy atom. The number of nitrogens with zero attached hydrogens (tertiary/aromatic N) is 2. The number of amides is 1. The predicted molar refractivity (Wildman–Crippen MR) is 109 cm³/mol. The number of aliphatic carboxylic acids is 1. The summed E-state index contributed by atoms with van der Waals surface area (Å²) in [5.41, 5.74) is 1.76. The Bertz CT molecular complexity index is 918. The van der Waals surface area contributed by atoms with Crippen LogP contribution in [0.25, 0.3) is 0 Å². The summed E-state index contributed by atoms with van der Waals surface area (Å²) >= 11 is 0. The summed E-state index contributed by atoms with van der Waals surface area (Å²) in [6.07, 6.45) is 1.87. The SMILES string of the molecule is CC1CCN(c2ccc(C(=O)Nc3ccc(CC(=O)O)cc3)cc2[N+](=O)[O-])CC1. The van der Waals surface area contributed by atoms with Crippen LogP contribution in [0.3, 0.4) is 0 Å². The summed E-state index contributed by atoms with van der Waals surface area (Å²) < 4.78 is 0. The normalized spacial score (nSPS) is 14.4. The van der Waals surface area contributed by atoms with Crippen molar-refractivity contribution in [2.45, 2.75) is 26.2 Å². The lowest BCUT2D eigenvalue weighted by atomic mass is 9.98. The topological polar surface area (TPSA) is 113 Å². The number of piperidine rings is 1. The number of rotatable bonds is 6. The van der Waals surface area contributed by atoms with Crippen molar-refractivity contribution >= 4 is 28.9 Å². The van der Waals surface area contributed by atoms with E-state index in [1.165, 1.54) is 6.07 Å². The van der Waals surface area contributed by atoms with Gasteiger partial charge < -0.3 is 15.3 Å². The van der Waals surface area contributed by atoms with Crippen LogP contribution in [0.4, 0.5) is 17.1 Å². The first kappa shape index (κ1) is 20.3. The van der Waals surface area contributed by atoms with E-state index in [2.05, 4.69) is 12.2 Å². The largest absolute Gasteiger partial charge is 0.481 e. The fourth-order valence-corrected chi connectivity index (χ4v) is 3.41. The van der Waals surface area contributed by atoms with Gasteiger partial charge in [-0.2, -0.15) is 0 Å². The van der Waals surface area contributed by atoms with E-state index in [1.54, 1.807) is 36.4 Å². The molecule has 2 aromatic carbocycles. The number of carbonyl (C=O) groups excluding carboxylic acids is 1. The van der Waals surface area contributed by atoms with E-state index in [4.69, 9.17) is 5.11 Å². The summed E-state index contributed by atoms with van der Waals surface area (Å²) in [6.45, 7) is 3.69. The Kier molecular flexibility index (Phi) is 6.11. The molecular weight excluding hydrogens is 374 g/mol. The third-order valence-electron chi connectivity index (χ3n) is 5.13. The van der Waals surface area contributed by atoms with E-state index >= 15 is 0 Å². The number of nitrogens with one attached hydrogen (secondary N) is 1. The molecule has 1 aliphatic rings. The van der Waals surface area contributed by atoms with Crippen molar-refractivity contribution in [2.75, 3.05) is 23.3 Å². The van der Waals surface area contributed by atoms with Crippen LogP contribution < -0.4 is 10.2 Å². The number of nitro benzene ring substituents is 1. The molecule has 2 aromatic rings. The number of nitro groups is 1. The van der Waals surface area contributed by atoms with Crippen LogP contribution in [0.15, 0.2) is 42.5 Å². The van der Waals surface area contributed by atoms with E-state index in [0.717, 1.165) is 25.9 Å². The highest BCUT2D eigenvalue weighted by Gasteiger charge is 2.24. The van der Waals surface area contributed by atoms with E-state index < -0.39 is 16.8 Å². The predicted octanol–water partition coefficient (Wildman–Crippen LogP) is 3.71. The van der Waals surface area contributed by atoms with Gasteiger partial charge >= 0.3 is 5.97 Å². The number of carboxylic acids is 1. The Labute approximate surface area is 168 Å². The molecule has 1 heterocycles. The van der Waals surface area contributed by atoms with Gasteiger partial charge in [-0.05, 0) is 48.6 Å². The van der Waals surface area contributed by atoms with Crippen molar-refractivity contribution in [3.63, 3.8) is 0 Å². The van der Waals surface area contributed by atoms with Gasteiger partial charge in [-0.25, -0.2) is 0 Å². The molecule has 0 aliphatic carbocycles. The third kappa shape index (κ3) is 5.10. The molecule has 0 aromatic heterocycles. The summed E-state index contributed by atoms with van der Waals surface area (Å²) in [4.78, 5) is 36.4. The van der Waals surface area contributed by atoms with Crippen molar-refractivity contribution in [1.29, 1.82) is 0 Å². The van der Waals surface area contributed by atoms with Crippen LogP contribution in [0.5, 0.6) is 0 Å². The maximum Gasteiger partial charge on any atom is 0.307 e.